The molecule has 3 aliphatic carbocycles. The first-order valence-electron chi connectivity index (χ1n) is 10.9. The molecule has 1 saturated carbocycles. The summed E-state index contributed by atoms with van der Waals surface area (Å²) in [7, 11) is -7.37. The van der Waals surface area contributed by atoms with Crippen molar-refractivity contribution in [2.24, 2.45) is 0 Å². The number of urea groups is 1. The first-order chi connectivity index (χ1) is 14.7. The first-order valence-corrected chi connectivity index (χ1v) is 14.0. The van der Waals surface area contributed by atoms with Gasteiger partial charge in [0.15, 0.2) is 0 Å². The quantitative estimate of drug-likeness (QED) is 0.669. The molecule has 0 aromatic heterocycles. The van der Waals surface area contributed by atoms with E-state index in [0.29, 0.717) is 25.8 Å². The van der Waals surface area contributed by atoms with Crippen LogP contribution in [0.4, 0.5) is 10.5 Å². The largest absolute Gasteiger partial charge is 0.333 e. The minimum Gasteiger partial charge on any atom is -0.307 e. The molecule has 1 aromatic carbocycles. The Morgan fingerprint density at radius 1 is 0.968 bits per heavy atom. The fourth-order valence-electron chi connectivity index (χ4n) is 4.91. The third-order valence-electron chi connectivity index (χ3n) is 6.71. The molecule has 0 spiro atoms. The molecule has 2 N–H and O–H groups in total. The van der Waals surface area contributed by atoms with E-state index in [1.165, 1.54) is 21.5 Å². The van der Waals surface area contributed by atoms with Crippen molar-refractivity contribution in [2.75, 3.05) is 11.9 Å². The van der Waals surface area contributed by atoms with Gasteiger partial charge < -0.3 is 5.32 Å². The van der Waals surface area contributed by atoms with Crippen LogP contribution in [0, 0.1) is 0 Å². The number of rotatable bonds is 6. The van der Waals surface area contributed by atoms with Gasteiger partial charge in [-0.3, -0.25) is 0 Å². The second kappa shape index (κ2) is 7.60. The van der Waals surface area contributed by atoms with Crippen molar-refractivity contribution in [2.45, 2.75) is 69.1 Å². The minimum absolute atomic E-state index is 0.321. The van der Waals surface area contributed by atoms with E-state index in [2.05, 4.69) is 11.4 Å². The molecule has 8 nitrogen and oxygen atoms in total. The van der Waals surface area contributed by atoms with Gasteiger partial charge >= 0.3 is 6.03 Å². The monoisotopic (exact) mass is 465 g/mol. The Morgan fingerprint density at radius 3 is 2.16 bits per heavy atom. The van der Waals surface area contributed by atoms with Crippen LogP contribution in [-0.4, -0.2) is 45.0 Å². The lowest BCUT2D eigenvalue weighted by molar-refractivity contribution is 0.243. The molecule has 10 heteroatoms. The maximum Gasteiger partial charge on any atom is 0.333 e. The Labute approximate surface area is 183 Å². The number of hydrogen-bond donors (Lipinski definition) is 2. The van der Waals surface area contributed by atoms with Gasteiger partial charge in [0, 0.05) is 23.7 Å². The van der Waals surface area contributed by atoms with Crippen molar-refractivity contribution in [3.8, 4) is 0 Å². The Hall–Kier alpha value is -1.91. The number of aryl methyl sites for hydroxylation is 2. The number of nitrogens with one attached hydrogen (secondary N) is 2. The highest BCUT2D eigenvalue weighted by Crippen LogP contribution is 2.39. The van der Waals surface area contributed by atoms with Crippen LogP contribution in [0.3, 0.4) is 0 Å². The molecule has 1 unspecified atom stereocenters. The van der Waals surface area contributed by atoms with Crippen LogP contribution < -0.4 is 10.0 Å². The maximum absolute atomic E-state index is 12.5. The van der Waals surface area contributed by atoms with Gasteiger partial charge in [0.05, 0.1) is 5.25 Å². The summed E-state index contributed by atoms with van der Waals surface area (Å²) in [6.45, 7) is 0.409. The molecule has 1 atom stereocenters. The summed E-state index contributed by atoms with van der Waals surface area (Å²) < 4.78 is 52.9. The van der Waals surface area contributed by atoms with E-state index in [1.54, 1.807) is 0 Å². The Bertz CT molecular complexity index is 1140. The SMILES string of the molecule is O=C(Nc1c2c(cc3c1CCC3)CCC2)NS(=O)(=O)/C=C/C1CCN1S(=O)(=O)C1CC1. The van der Waals surface area contributed by atoms with E-state index in [1.807, 2.05) is 4.72 Å². The highest BCUT2D eigenvalue weighted by molar-refractivity contribution is 7.93. The van der Waals surface area contributed by atoms with E-state index >= 15 is 0 Å². The molecule has 1 heterocycles. The lowest BCUT2D eigenvalue weighted by atomic mass is 9.99. The van der Waals surface area contributed by atoms with Crippen LogP contribution in [0.1, 0.15) is 54.4 Å². The predicted octanol–water partition coefficient (Wildman–Crippen LogP) is 2.20. The van der Waals surface area contributed by atoms with Crippen LogP contribution in [0.25, 0.3) is 0 Å². The lowest BCUT2D eigenvalue weighted by Crippen LogP contribution is -2.51. The Kier molecular flexibility index (Phi) is 5.14. The summed E-state index contributed by atoms with van der Waals surface area (Å²) in [6.07, 6.45) is 9.10. The highest BCUT2D eigenvalue weighted by atomic mass is 32.2. The summed E-state index contributed by atoms with van der Waals surface area (Å²) in [6, 6.07) is 0.994. The number of nitrogens with zero attached hydrogens (tertiary/aromatic N) is 1. The zero-order valence-corrected chi connectivity index (χ0v) is 18.9. The van der Waals surface area contributed by atoms with E-state index in [9.17, 15) is 21.6 Å². The van der Waals surface area contributed by atoms with Crippen LogP contribution in [0.15, 0.2) is 17.6 Å². The third-order valence-corrected chi connectivity index (χ3v) is 10.1. The van der Waals surface area contributed by atoms with E-state index in [0.717, 1.165) is 60.7 Å². The number of carbonyl (C=O) groups excluding carboxylic acids is 1. The van der Waals surface area contributed by atoms with Gasteiger partial charge in [-0.1, -0.05) is 12.1 Å². The number of hydrogen-bond acceptors (Lipinski definition) is 5. The van der Waals surface area contributed by atoms with Crippen molar-refractivity contribution < 1.29 is 21.6 Å². The number of sulfonamides is 2. The van der Waals surface area contributed by atoms with Crippen molar-refractivity contribution in [3.05, 3.63) is 39.8 Å². The van der Waals surface area contributed by atoms with E-state index in [-0.39, 0.29) is 5.25 Å². The molecular formula is C21H27N3O5S2. The molecule has 4 aliphatic rings. The summed E-state index contributed by atoms with van der Waals surface area (Å²) >= 11 is 0. The minimum atomic E-state index is -4.04. The third kappa shape index (κ3) is 4.01. The molecule has 168 valence electrons. The first kappa shape index (κ1) is 21.0. The topological polar surface area (TPSA) is 113 Å². The summed E-state index contributed by atoms with van der Waals surface area (Å²) in [5.74, 6) is 0. The number of carbonyl (C=O) groups is 1. The molecule has 0 radical (unpaired) electrons. The zero-order valence-electron chi connectivity index (χ0n) is 17.3. The van der Waals surface area contributed by atoms with Gasteiger partial charge in [0.25, 0.3) is 10.0 Å². The van der Waals surface area contributed by atoms with E-state index in [4.69, 9.17) is 0 Å². The molecule has 1 saturated heterocycles. The van der Waals surface area contributed by atoms with Gasteiger partial charge in [0.2, 0.25) is 10.0 Å². The molecule has 2 fully saturated rings. The van der Waals surface area contributed by atoms with Crippen LogP contribution in [0.5, 0.6) is 0 Å². The number of amides is 2. The van der Waals surface area contributed by atoms with Crippen molar-refractivity contribution in [1.82, 2.24) is 9.03 Å². The Balaban J connectivity index is 1.26. The van der Waals surface area contributed by atoms with Crippen LogP contribution in [0.2, 0.25) is 0 Å². The van der Waals surface area contributed by atoms with Gasteiger partial charge in [-0.15, -0.1) is 0 Å². The van der Waals surface area contributed by atoms with Gasteiger partial charge in [0.1, 0.15) is 0 Å². The summed E-state index contributed by atoms with van der Waals surface area (Å²) in [4.78, 5) is 12.5. The molecule has 5 rings (SSSR count). The lowest BCUT2D eigenvalue weighted by Gasteiger charge is -2.37. The fourth-order valence-corrected chi connectivity index (χ4v) is 7.71. The van der Waals surface area contributed by atoms with Crippen molar-refractivity contribution in [3.63, 3.8) is 0 Å². The maximum atomic E-state index is 12.5. The average molecular weight is 466 g/mol. The average Bonchev–Trinajstić information content (AvgIpc) is 3.25. The summed E-state index contributed by atoms with van der Waals surface area (Å²) in [5.41, 5.74) is 5.53. The number of anilines is 1. The molecule has 1 aliphatic heterocycles. The normalized spacial score (nSPS) is 23.4. The standard InChI is InChI=1S/C21H27N3O5S2/c25-21(22-20-18-5-1-3-14(18)13-15-4-2-6-19(15)20)23-30(26,27)12-10-16-9-11-24(16)31(28,29)17-7-8-17/h10,12-13,16-17H,1-9,11H2,(H2,22,23,25)/b12-10+. The fraction of sp³-hybridized carbons (Fsp3) is 0.571. The van der Waals surface area contributed by atoms with Crippen LogP contribution >= 0.6 is 0 Å². The second-order valence-corrected chi connectivity index (χ2v) is 12.6. The molecule has 1 aromatic rings. The van der Waals surface area contributed by atoms with Crippen molar-refractivity contribution in [1.29, 1.82) is 0 Å². The molecular weight excluding hydrogens is 438 g/mol. The predicted molar refractivity (Wildman–Crippen MR) is 118 cm³/mol. The molecule has 2 amide bonds. The molecule has 31 heavy (non-hydrogen) atoms. The summed E-state index contributed by atoms with van der Waals surface area (Å²) in [5, 5.41) is 3.39. The smallest absolute Gasteiger partial charge is 0.307 e. The van der Waals surface area contributed by atoms with E-state index < -0.39 is 32.1 Å². The van der Waals surface area contributed by atoms with Gasteiger partial charge in [-0.05, 0) is 80.0 Å². The van der Waals surface area contributed by atoms with Gasteiger partial charge in [-0.25, -0.2) is 26.4 Å². The number of fused-ring (bicyclic) bond motifs is 2. The molecule has 0 bridgehead atoms. The zero-order chi connectivity index (χ0) is 21.8. The number of benzene rings is 1. The van der Waals surface area contributed by atoms with Gasteiger partial charge in [-0.2, -0.15) is 4.31 Å². The highest BCUT2D eigenvalue weighted by Gasteiger charge is 2.45. The second-order valence-electron chi connectivity index (χ2n) is 8.87. The van der Waals surface area contributed by atoms with Crippen molar-refractivity contribution >= 4 is 31.8 Å². The Morgan fingerprint density at radius 2 is 1.61 bits per heavy atom. The van der Waals surface area contributed by atoms with Crippen LogP contribution in [-0.2, 0) is 45.7 Å².